The summed E-state index contributed by atoms with van der Waals surface area (Å²) >= 11 is 0. The molecule has 0 saturated heterocycles. The molecule has 31 heavy (non-hydrogen) atoms. The third kappa shape index (κ3) is 16.9. The second-order valence-corrected chi connectivity index (χ2v) is 9.95. The largest absolute Gasteiger partial charge is 0.500 e. The Bertz CT molecular complexity index is 440. The lowest BCUT2D eigenvalue weighted by Gasteiger charge is -2.28. The van der Waals surface area contributed by atoms with Crippen molar-refractivity contribution in [3.63, 3.8) is 0 Å². The summed E-state index contributed by atoms with van der Waals surface area (Å²) in [5.74, 6) is 0. The quantitative estimate of drug-likeness (QED) is 0.164. The van der Waals surface area contributed by atoms with Gasteiger partial charge in [0.2, 0.25) is 0 Å². The van der Waals surface area contributed by atoms with Crippen LogP contribution in [0, 0.1) is 0 Å². The zero-order valence-electron chi connectivity index (χ0n) is 20.1. The van der Waals surface area contributed by atoms with Crippen LogP contribution in [0.5, 0.6) is 0 Å². The van der Waals surface area contributed by atoms with Gasteiger partial charge in [0, 0.05) is 52.0 Å². The molecule has 0 aromatic carbocycles. The molecule has 4 N–H and O–H groups in total. The Kier molecular flexibility index (Phi) is 19.6. The van der Waals surface area contributed by atoms with Crippen LogP contribution >= 0.6 is 0 Å². The van der Waals surface area contributed by atoms with Crippen LogP contribution in [0.2, 0.25) is 6.04 Å². The standard InChI is InChI=1S/C21H46N4O5Si/c1-5-9-15-22-20(26)23-16-12-10-11-13-17-24-21(27)25-18-14-19-31(28-6-2,29-7-3)30-8-4/h5-19H2,1-4H3,(H2,22,23,26)(H2,24,25,27). The second-order valence-electron chi connectivity index (χ2n) is 7.22. The average molecular weight is 463 g/mol. The van der Waals surface area contributed by atoms with E-state index < -0.39 is 8.80 Å². The van der Waals surface area contributed by atoms with Gasteiger partial charge in [-0.2, -0.15) is 0 Å². The molecule has 184 valence electrons. The number of carbonyl (C=O) groups excluding carboxylic acids is 2. The minimum atomic E-state index is -2.63. The average Bonchev–Trinajstić information content (AvgIpc) is 2.74. The molecule has 0 aromatic rings. The Labute approximate surface area is 190 Å². The minimum absolute atomic E-state index is 0.0875. The highest BCUT2D eigenvalue weighted by molar-refractivity contribution is 6.60. The van der Waals surface area contributed by atoms with Crippen LogP contribution in [0.25, 0.3) is 0 Å². The van der Waals surface area contributed by atoms with E-state index >= 15 is 0 Å². The van der Waals surface area contributed by atoms with E-state index in [9.17, 15) is 9.59 Å². The zero-order valence-corrected chi connectivity index (χ0v) is 21.1. The fourth-order valence-corrected chi connectivity index (χ4v) is 5.63. The van der Waals surface area contributed by atoms with Crippen molar-refractivity contribution in [3.05, 3.63) is 0 Å². The molecule has 4 amide bonds. The molecule has 0 radical (unpaired) electrons. The highest BCUT2D eigenvalue weighted by Crippen LogP contribution is 2.17. The molecule has 0 rings (SSSR count). The molecule has 0 saturated carbocycles. The molecule has 0 atom stereocenters. The van der Waals surface area contributed by atoms with Gasteiger partial charge in [-0.3, -0.25) is 0 Å². The van der Waals surface area contributed by atoms with Crippen LogP contribution in [0.1, 0.15) is 72.6 Å². The lowest BCUT2D eigenvalue weighted by atomic mass is 10.2. The number of hydrogen-bond donors (Lipinski definition) is 4. The number of carbonyl (C=O) groups is 2. The van der Waals surface area contributed by atoms with Gasteiger partial charge in [0.05, 0.1) is 0 Å². The topological polar surface area (TPSA) is 110 Å². The van der Waals surface area contributed by atoms with Gasteiger partial charge in [0.25, 0.3) is 0 Å². The number of hydrogen-bond acceptors (Lipinski definition) is 5. The molecule has 0 aliphatic rings. The Morgan fingerprint density at radius 2 is 0.968 bits per heavy atom. The molecule has 0 unspecified atom stereocenters. The molecule has 0 aliphatic heterocycles. The van der Waals surface area contributed by atoms with Gasteiger partial charge < -0.3 is 34.5 Å². The van der Waals surface area contributed by atoms with E-state index in [1.807, 2.05) is 20.8 Å². The fraction of sp³-hybridized carbons (Fsp3) is 0.905. The smallest absolute Gasteiger partial charge is 0.374 e. The van der Waals surface area contributed by atoms with Crippen LogP contribution in [0.15, 0.2) is 0 Å². The summed E-state index contributed by atoms with van der Waals surface area (Å²) in [5.41, 5.74) is 0. The first-order valence-corrected chi connectivity index (χ1v) is 13.9. The van der Waals surface area contributed by atoms with E-state index in [4.69, 9.17) is 13.3 Å². The van der Waals surface area contributed by atoms with Crippen molar-refractivity contribution in [2.75, 3.05) is 46.0 Å². The van der Waals surface area contributed by atoms with Crippen molar-refractivity contribution in [2.45, 2.75) is 78.7 Å². The molecule has 0 bridgehead atoms. The number of nitrogens with one attached hydrogen (secondary N) is 4. The van der Waals surface area contributed by atoms with E-state index in [2.05, 4.69) is 28.2 Å². The first kappa shape index (κ1) is 29.6. The highest BCUT2D eigenvalue weighted by atomic mass is 28.4. The fourth-order valence-electron chi connectivity index (χ4n) is 3.02. The van der Waals surface area contributed by atoms with Crippen LogP contribution < -0.4 is 21.3 Å². The summed E-state index contributed by atoms with van der Waals surface area (Å²) in [4.78, 5) is 23.4. The lowest BCUT2D eigenvalue weighted by molar-refractivity contribution is 0.0708. The van der Waals surface area contributed by atoms with E-state index in [1.54, 1.807) is 0 Å². The molecular weight excluding hydrogens is 416 g/mol. The van der Waals surface area contributed by atoms with E-state index in [-0.39, 0.29) is 12.1 Å². The van der Waals surface area contributed by atoms with Gasteiger partial charge in [-0.25, -0.2) is 9.59 Å². The monoisotopic (exact) mass is 462 g/mol. The first-order valence-electron chi connectivity index (χ1n) is 12.0. The van der Waals surface area contributed by atoms with E-state index in [0.29, 0.717) is 45.5 Å². The highest BCUT2D eigenvalue weighted by Gasteiger charge is 2.39. The van der Waals surface area contributed by atoms with Crippen molar-refractivity contribution in [1.29, 1.82) is 0 Å². The van der Waals surface area contributed by atoms with Crippen LogP contribution in [-0.2, 0) is 13.3 Å². The number of urea groups is 2. The van der Waals surface area contributed by atoms with Crippen LogP contribution in [-0.4, -0.2) is 66.9 Å². The van der Waals surface area contributed by atoms with Gasteiger partial charge in [-0.1, -0.05) is 26.2 Å². The third-order valence-corrected chi connectivity index (χ3v) is 7.68. The maximum absolute atomic E-state index is 11.9. The first-order chi connectivity index (χ1) is 15.0. The van der Waals surface area contributed by atoms with Crippen molar-refractivity contribution in [2.24, 2.45) is 0 Å². The van der Waals surface area contributed by atoms with Gasteiger partial charge in [0.1, 0.15) is 0 Å². The summed E-state index contributed by atoms with van der Waals surface area (Å²) in [6.07, 6.45) is 6.74. The molecule has 0 fully saturated rings. The summed E-state index contributed by atoms with van der Waals surface area (Å²) in [5, 5.41) is 11.5. The van der Waals surface area contributed by atoms with Crippen molar-refractivity contribution in [1.82, 2.24) is 21.3 Å². The second kappa shape index (κ2) is 20.5. The number of unbranched alkanes of at least 4 members (excludes halogenated alkanes) is 4. The van der Waals surface area contributed by atoms with Gasteiger partial charge in [-0.05, 0) is 46.5 Å². The molecule has 0 spiro atoms. The number of rotatable bonds is 20. The van der Waals surface area contributed by atoms with Crippen molar-refractivity contribution < 1.29 is 22.9 Å². The normalized spacial score (nSPS) is 11.2. The summed E-state index contributed by atoms with van der Waals surface area (Å²) in [6, 6.07) is 0.449. The van der Waals surface area contributed by atoms with E-state index in [0.717, 1.165) is 51.5 Å². The van der Waals surface area contributed by atoms with Crippen LogP contribution in [0.4, 0.5) is 9.59 Å². The Morgan fingerprint density at radius 3 is 1.35 bits per heavy atom. The van der Waals surface area contributed by atoms with Gasteiger partial charge in [0.15, 0.2) is 0 Å². The number of amides is 4. The SMILES string of the molecule is CCCCNC(=O)NCCCCCCNC(=O)NCCC[Si](OCC)(OCC)OCC. The minimum Gasteiger partial charge on any atom is -0.374 e. The predicted octanol–water partition coefficient (Wildman–Crippen LogP) is 3.38. The summed E-state index contributed by atoms with van der Waals surface area (Å²) in [6.45, 7) is 12.2. The predicted molar refractivity (Wildman–Crippen MR) is 126 cm³/mol. The maximum atomic E-state index is 11.9. The lowest BCUT2D eigenvalue weighted by Crippen LogP contribution is -2.46. The molecule has 0 aromatic heterocycles. The van der Waals surface area contributed by atoms with Crippen molar-refractivity contribution in [3.8, 4) is 0 Å². The molecular formula is C21H46N4O5Si. The summed E-state index contributed by atoms with van der Waals surface area (Å²) in [7, 11) is -2.63. The van der Waals surface area contributed by atoms with Gasteiger partial charge in [-0.15, -0.1) is 0 Å². The summed E-state index contributed by atoms with van der Waals surface area (Å²) < 4.78 is 17.4. The Hall–Kier alpha value is -1.36. The van der Waals surface area contributed by atoms with Crippen molar-refractivity contribution >= 4 is 20.9 Å². The molecule has 10 heteroatoms. The zero-order chi connectivity index (χ0) is 23.2. The molecule has 0 heterocycles. The molecule has 0 aliphatic carbocycles. The maximum Gasteiger partial charge on any atom is 0.500 e. The van der Waals surface area contributed by atoms with Gasteiger partial charge >= 0.3 is 20.9 Å². The third-order valence-electron chi connectivity index (χ3n) is 4.53. The Balaban J connectivity index is 3.70. The Morgan fingerprint density at radius 1 is 0.581 bits per heavy atom. The van der Waals surface area contributed by atoms with E-state index in [1.165, 1.54) is 0 Å². The van der Waals surface area contributed by atoms with Crippen LogP contribution in [0.3, 0.4) is 0 Å². The molecule has 9 nitrogen and oxygen atoms in total.